The van der Waals surface area contributed by atoms with Crippen molar-refractivity contribution in [1.29, 1.82) is 0 Å². The highest BCUT2D eigenvalue weighted by Crippen LogP contribution is 2.13. The van der Waals surface area contributed by atoms with E-state index in [1.807, 2.05) is 6.07 Å². The molecule has 1 aliphatic heterocycles. The quantitative estimate of drug-likeness (QED) is 0.739. The van der Waals surface area contributed by atoms with E-state index in [-0.39, 0.29) is 5.75 Å². The number of nitrogens with zero attached hydrogens (tertiary/aromatic N) is 2. The van der Waals surface area contributed by atoms with E-state index in [2.05, 4.69) is 9.80 Å². The third kappa shape index (κ3) is 6.87. The predicted molar refractivity (Wildman–Crippen MR) is 90.0 cm³/mol. The van der Waals surface area contributed by atoms with Crippen LogP contribution in [0.5, 0.6) is 5.75 Å². The van der Waals surface area contributed by atoms with Crippen LogP contribution in [0.15, 0.2) is 30.3 Å². The summed E-state index contributed by atoms with van der Waals surface area (Å²) in [6.07, 6.45) is 0. The molecule has 130 valence electrons. The monoisotopic (exact) mass is 342 g/mol. The van der Waals surface area contributed by atoms with Gasteiger partial charge in [-0.3, -0.25) is 9.80 Å². The van der Waals surface area contributed by atoms with Gasteiger partial charge >= 0.3 is 10.1 Å². The molecule has 2 rings (SSSR count). The summed E-state index contributed by atoms with van der Waals surface area (Å²) in [6.45, 7) is 7.97. The molecule has 0 unspecified atom stereocenters. The molecule has 0 aliphatic carbocycles. The van der Waals surface area contributed by atoms with E-state index in [0.29, 0.717) is 18.8 Å². The van der Waals surface area contributed by atoms with E-state index in [1.54, 1.807) is 38.1 Å². The van der Waals surface area contributed by atoms with Gasteiger partial charge in [-0.15, -0.1) is 0 Å². The van der Waals surface area contributed by atoms with Crippen molar-refractivity contribution in [2.24, 2.45) is 0 Å². The number of benzene rings is 1. The Morgan fingerprint density at radius 3 is 2.22 bits per heavy atom. The molecular formula is C16H26N2O4S. The Hall–Kier alpha value is -1.15. The molecule has 0 aromatic heterocycles. The zero-order valence-corrected chi connectivity index (χ0v) is 14.6. The summed E-state index contributed by atoms with van der Waals surface area (Å²) in [4.78, 5) is 4.32. The van der Waals surface area contributed by atoms with Gasteiger partial charge in [-0.2, -0.15) is 8.42 Å². The zero-order chi connectivity index (χ0) is 16.9. The first kappa shape index (κ1) is 18.2. The fraction of sp³-hybridized carbons (Fsp3) is 0.625. The van der Waals surface area contributed by atoms with Gasteiger partial charge in [0.25, 0.3) is 0 Å². The minimum Gasteiger partial charge on any atom is -0.389 e. The Bertz CT molecular complexity index is 576. The lowest BCUT2D eigenvalue weighted by Gasteiger charge is -2.37. The van der Waals surface area contributed by atoms with Crippen LogP contribution in [0.1, 0.15) is 13.8 Å². The van der Waals surface area contributed by atoms with Crippen LogP contribution in [0, 0.1) is 0 Å². The second-order valence-electron chi connectivity index (χ2n) is 6.59. The molecule has 0 atom stereocenters. The SMILES string of the molecule is CC(C)(O)CN1CCN(CCS(=O)(=O)Oc2ccccc2)CC1. The third-order valence-corrected chi connectivity index (χ3v) is 4.83. The first-order valence-electron chi connectivity index (χ1n) is 7.88. The number of rotatable bonds is 7. The lowest BCUT2D eigenvalue weighted by atomic mass is 10.1. The molecule has 1 aromatic carbocycles. The molecule has 1 N–H and O–H groups in total. The van der Waals surface area contributed by atoms with E-state index in [4.69, 9.17) is 4.18 Å². The fourth-order valence-corrected chi connectivity index (χ4v) is 3.59. The third-order valence-electron chi connectivity index (χ3n) is 3.70. The van der Waals surface area contributed by atoms with E-state index in [1.165, 1.54) is 0 Å². The first-order chi connectivity index (χ1) is 10.7. The molecule has 23 heavy (non-hydrogen) atoms. The van der Waals surface area contributed by atoms with Gasteiger partial charge in [0.15, 0.2) is 0 Å². The second kappa shape index (κ2) is 7.61. The minimum atomic E-state index is -3.57. The summed E-state index contributed by atoms with van der Waals surface area (Å²) in [5.74, 6) is 0.329. The van der Waals surface area contributed by atoms with Crippen molar-refractivity contribution >= 4 is 10.1 Å². The van der Waals surface area contributed by atoms with Gasteiger partial charge in [0.1, 0.15) is 5.75 Å². The van der Waals surface area contributed by atoms with Gasteiger partial charge in [-0.1, -0.05) is 18.2 Å². The summed E-state index contributed by atoms with van der Waals surface area (Å²) in [7, 11) is -3.57. The van der Waals surface area contributed by atoms with Crippen molar-refractivity contribution in [3.05, 3.63) is 30.3 Å². The van der Waals surface area contributed by atoms with Crippen LogP contribution in [0.2, 0.25) is 0 Å². The number of hydrogen-bond donors (Lipinski definition) is 1. The first-order valence-corrected chi connectivity index (χ1v) is 9.46. The van der Waals surface area contributed by atoms with E-state index in [9.17, 15) is 13.5 Å². The molecule has 0 amide bonds. The molecule has 0 saturated carbocycles. The van der Waals surface area contributed by atoms with Crippen LogP contribution in [-0.4, -0.2) is 73.9 Å². The molecule has 0 spiro atoms. The van der Waals surface area contributed by atoms with Crippen molar-refractivity contribution in [2.75, 3.05) is 45.0 Å². The maximum absolute atomic E-state index is 12.0. The number of β-amino-alcohol motifs (C(OH)–C–C–N with tert-alkyl or cyclic N) is 1. The van der Waals surface area contributed by atoms with Crippen molar-refractivity contribution in [2.45, 2.75) is 19.4 Å². The normalized spacial score (nSPS) is 18.0. The van der Waals surface area contributed by atoms with Crippen LogP contribution in [0.3, 0.4) is 0 Å². The Balaban J connectivity index is 1.74. The van der Waals surface area contributed by atoms with E-state index in [0.717, 1.165) is 26.2 Å². The average molecular weight is 342 g/mol. The minimum absolute atomic E-state index is 0.0204. The van der Waals surface area contributed by atoms with Gasteiger partial charge in [0.2, 0.25) is 0 Å². The number of piperazine rings is 1. The largest absolute Gasteiger partial charge is 0.389 e. The number of para-hydroxylation sites is 1. The highest BCUT2D eigenvalue weighted by molar-refractivity contribution is 7.87. The molecule has 7 heteroatoms. The van der Waals surface area contributed by atoms with Gasteiger partial charge in [0.05, 0.1) is 11.4 Å². The topological polar surface area (TPSA) is 70.1 Å². The maximum atomic E-state index is 12.0. The molecule has 1 aromatic rings. The van der Waals surface area contributed by atoms with Crippen molar-refractivity contribution in [1.82, 2.24) is 9.80 Å². The highest BCUT2D eigenvalue weighted by Gasteiger charge is 2.23. The molecule has 0 radical (unpaired) electrons. The molecule has 1 aliphatic rings. The Labute approximate surface area is 138 Å². The summed E-state index contributed by atoms with van der Waals surface area (Å²) in [6, 6.07) is 8.56. The van der Waals surface area contributed by atoms with Crippen LogP contribution < -0.4 is 4.18 Å². The van der Waals surface area contributed by atoms with Gasteiger partial charge < -0.3 is 9.29 Å². The molecule has 6 nitrogen and oxygen atoms in total. The van der Waals surface area contributed by atoms with E-state index >= 15 is 0 Å². The van der Waals surface area contributed by atoms with Crippen molar-refractivity contribution in [3.8, 4) is 5.75 Å². The molecule has 1 heterocycles. The van der Waals surface area contributed by atoms with Crippen LogP contribution in [0.25, 0.3) is 0 Å². The summed E-state index contributed by atoms with van der Waals surface area (Å²) >= 11 is 0. The van der Waals surface area contributed by atoms with Crippen LogP contribution in [0.4, 0.5) is 0 Å². The molecular weight excluding hydrogens is 316 g/mol. The van der Waals surface area contributed by atoms with Crippen molar-refractivity contribution < 1.29 is 17.7 Å². The standard InChI is InChI=1S/C16H26N2O4S/c1-16(2,19)14-18-10-8-17(9-11-18)12-13-23(20,21)22-15-6-4-3-5-7-15/h3-7,19H,8-14H2,1-2H3. The number of hydrogen-bond acceptors (Lipinski definition) is 6. The van der Waals surface area contributed by atoms with Crippen molar-refractivity contribution in [3.63, 3.8) is 0 Å². The maximum Gasteiger partial charge on any atom is 0.310 e. The molecule has 1 fully saturated rings. The lowest BCUT2D eigenvalue weighted by Crippen LogP contribution is -2.51. The molecule has 0 bridgehead atoms. The van der Waals surface area contributed by atoms with Crippen LogP contribution in [-0.2, 0) is 10.1 Å². The molecule has 1 saturated heterocycles. The Morgan fingerprint density at radius 1 is 1.09 bits per heavy atom. The van der Waals surface area contributed by atoms with Gasteiger partial charge in [0, 0.05) is 39.3 Å². The van der Waals surface area contributed by atoms with Gasteiger partial charge in [-0.05, 0) is 26.0 Å². The average Bonchev–Trinajstić information content (AvgIpc) is 2.46. The van der Waals surface area contributed by atoms with Crippen LogP contribution >= 0.6 is 0 Å². The zero-order valence-electron chi connectivity index (χ0n) is 13.8. The fourth-order valence-electron chi connectivity index (χ4n) is 2.62. The lowest BCUT2D eigenvalue weighted by molar-refractivity contribution is 0.0186. The smallest absolute Gasteiger partial charge is 0.310 e. The Kier molecular flexibility index (Phi) is 6.02. The highest BCUT2D eigenvalue weighted by atomic mass is 32.2. The Morgan fingerprint density at radius 2 is 1.65 bits per heavy atom. The number of aliphatic hydroxyl groups is 1. The summed E-state index contributed by atoms with van der Waals surface area (Å²) in [5, 5.41) is 9.83. The predicted octanol–water partition coefficient (Wildman–Crippen LogP) is 0.784. The van der Waals surface area contributed by atoms with Gasteiger partial charge in [-0.25, -0.2) is 0 Å². The summed E-state index contributed by atoms with van der Waals surface area (Å²) < 4.78 is 29.1. The van der Waals surface area contributed by atoms with E-state index < -0.39 is 15.7 Å². The summed E-state index contributed by atoms with van der Waals surface area (Å²) in [5.41, 5.74) is -0.699. The second-order valence-corrected chi connectivity index (χ2v) is 8.28.